The largest absolute Gasteiger partial charge is 0.385 e. The molecule has 1 aliphatic rings. The van der Waals surface area contributed by atoms with Gasteiger partial charge in [-0.1, -0.05) is 56.4 Å². The van der Waals surface area contributed by atoms with Gasteiger partial charge in [-0.05, 0) is 43.7 Å². The second-order valence-corrected chi connectivity index (χ2v) is 6.13. The summed E-state index contributed by atoms with van der Waals surface area (Å²) in [5, 5.41) is 10.7. The first-order valence-electron chi connectivity index (χ1n) is 7.38. The molecule has 0 heterocycles. The first kappa shape index (κ1) is 13.6. The lowest BCUT2D eigenvalue weighted by molar-refractivity contribution is 0.0381. The van der Waals surface area contributed by atoms with Crippen molar-refractivity contribution < 1.29 is 5.11 Å². The van der Waals surface area contributed by atoms with Gasteiger partial charge in [0.1, 0.15) is 0 Å². The standard InChI is InChI=1S/C17H26O/c1-14-8-6-7-11-16(14)17(2,18)13-12-15-9-4-3-5-10-15/h6-8,11,15,18H,3-5,9-10,12-13H2,1-2H3. The molecule has 18 heavy (non-hydrogen) atoms. The Bertz CT molecular complexity index is 375. The zero-order valence-electron chi connectivity index (χ0n) is 11.8. The molecule has 1 heteroatoms. The second-order valence-electron chi connectivity index (χ2n) is 6.13. The fourth-order valence-corrected chi connectivity index (χ4v) is 3.27. The highest BCUT2D eigenvalue weighted by Crippen LogP contribution is 2.34. The van der Waals surface area contributed by atoms with Crippen LogP contribution in [0.1, 0.15) is 63.0 Å². The Labute approximate surface area is 111 Å². The van der Waals surface area contributed by atoms with Crippen molar-refractivity contribution in [2.24, 2.45) is 5.92 Å². The van der Waals surface area contributed by atoms with Gasteiger partial charge in [-0.2, -0.15) is 0 Å². The van der Waals surface area contributed by atoms with Crippen molar-refractivity contribution in [3.8, 4) is 0 Å². The van der Waals surface area contributed by atoms with Crippen LogP contribution in [0.5, 0.6) is 0 Å². The Morgan fingerprint density at radius 3 is 2.50 bits per heavy atom. The Hall–Kier alpha value is -0.820. The van der Waals surface area contributed by atoms with Gasteiger partial charge in [0.2, 0.25) is 0 Å². The fraction of sp³-hybridized carbons (Fsp3) is 0.647. The van der Waals surface area contributed by atoms with E-state index in [2.05, 4.69) is 19.1 Å². The van der Waals surface area contributed by atoms with E-state index in [1.807, 2.05) is 19.1 Å². The normalized spacial score (nSPS) is 20.6. The summed E-state index contributed by atoms with van der Waals surface area (Å²) in [7, 11) is 0. The van der Waals surface area contributed by atoms with Crippen molar-refractivity contribution in [1.29, 1.82) is 0 Å². The van der Waals surface area contributed by atoms with Crippen LogP contribution in [0, 0.1) is 12.8 Å². The summed E-state index contributed by atoms with van der Waals surface area (Å²) in [6.07, 6.45) is 8.97. The molecule has 100 valence electrons. The molecule has 0 aromatic heterocycles. The molecule has 0 amide bonds. The van der Waals surface area contributed by atoms with Gasteiger partial charge < -0.3 is 5.11 Å². The van der Waals surface area contributed by atoms with E-state index in [9.17, 15) is 5.11 Å². The second kappa shape index (κ2) is 5.88. The molecular formula is C17H26O. The van der Waals surface area contributed by atoms with E-state index in [-0.39, 0.29) is 0 Å². The van der Waals surface area contributed by atoms with Gasteiger partial charge in [0.25, 0.3) is 0 Å². The third kappa shape index (κ3) is 3.35. The van der Waals surface area contributed by atoms with Crippen molar-refractivity contribution in [3.63, 3.8) is 0 Å². The Kier molecular flexibility index (Phi) is 4.45. The molecule has 1 fully saturated rings. The molecule has 1 N–H and O–H groups in total. The zero-order chi connectivity index (χ0) is 13.0. The molecule has 1 saturated carbocycles. The number of aliphatic hydroxyl groups is 1. The van der Waals surface area contributed by atoms with Crippen LogP contribution in [0.2, 0.25) is 0 Å². The van der Waals surface area contributed by atoms with Gasteiger partial charge >= 0.3 is 0 Å². The van der Waals surface area contributed by atoms with Crippen LogP contribution in [0.15, 0.2) is 24.3 Å². The maximum Gasteiger partial charge on any atom is 0.0871 e. The van der Waals surface area contributed by atoms with Gasteiger partial charge in [0, 0.05) is 0 Å². The minimum Gasteiger partial charge on any atom is -0.385 e. The Morgan fingerprint density at radius 2 is 1.83 bits per heavy atom. The number of rotatable bonds is 4. The summed E-state index contributed by atoms with van der Waals surface area (Å²) >= 11 is 0. The molecule has 1 aromatic carbocycles. The molecule has 0 radical (unpaired) electrons. The lowest BCUT2D eigenvalue weighted by atomic mass is 9.81. The number of aryl methyl sites for hydroxylation is 1. The van der Waals surface area contributed by atoms with Gasteiger partial charge in [0.15, 0.2) is 0 Å². The lowest BCUT2D eigenvalue weighted by Gasteiger charge is -2.29. The van der Waals surface area contributed by atoms with Crippen molar-refractivity contribution in [2.45, 2.75) is 64.4 Å². The maximum atomic E-state index is 10.7. The lowest BCUT2D eigenvalue weighted by Crippen LogP contribution is -2.24. The Morgan fingerprint density at radius 1 is 1.17 bits per heavy atom. The van der Waals surface area contributed by atoms with Crippen molar-refractivity contribution in [3.05, 3.63) is 35.4 Å². The average Bonchev–Trinajstić information content (AvgIpc) is 2.38. The summed E-state index contributed by atoms with van der Waals surface area (Å²) in [5.41, 5.74) is 1.63. The van der Waals surface area contributed by atoms with E-state index in [0.29, 0.717) is 0 Å². The summed E-state index contributed by atoms with van der Waals surface area (Å²) in [6, 6.07) is 8.22. The van der Waals surface area contributed by atoms with E-state index >= 15 is 0 Å². The van der Waals surface area contributed by atoms with Crippen LogP contribution in [0.4, 0.5) is 0 Å². The molecule has 1 unspecified atom stereocenters. The highest BCUT2D eigenvalue weighted by Gasteiger charge is 2.26. The van der Waals surface area contributed by atoms with Crippen molar-refractivity contribution in [2.75, 3.05) is 0 Å². The minimum absolute atomic E-state index is 0.664. The predicted octanol–water partition coefficient (Wildman–Crippen LogP) is 4.56. The van der Waals surface area contributed by atoms with Gasteiger partial charge in [-0.25, -0.2) is 0 Å². The third-order valence-corrected chi connectivity index (χ3v) is 4.49. The Balaban J connectivity index is 1.96. The maximum absolute atomic E-state index is 10.7. The van der Waals surface area contributed by atoms with Gasteiger partial charge in [-0.15, -0.1) is 0 Å². The smallest absolute Gasteiger partial charge is 0.0871 e. The molecule has 0 bridgehead atoms. The van der Waals surface area contributed by atoms with Gasteiger partial charge in [-0.3, -0.25) is 0 Å². The third-order valence-electron chi connectivity index (χ3n) is 4.49. The SMILES string of the molecule is Cc1ccccc1C(C)(O)CCC1CCCCC1. The summed E-state index contributed by atoms with van der Waals surface area (Å²) in [4.78, 5) is 0. The molecule has 1 atom stereocenters. The summed E-state index contributed by atoms with van der Waals surface area (Å²) in [5.74, 6) is 0.842. The van der Waals surface area contributed by atoms with E-state index in [1.54, 1.807) is 0 Å². The molecular weight excluding hydrogens is 220 g/mol. The topological polar surface area (TPSA) is 20.2 Å². The van der Waals surface area contributed by atoms with Crippen LogP contribution in [0.3, 0.4) is 0 Å². The first-order chi connectivity index (χ1) is 8.59. The van der Waals surface area contributed by atoms with Crippen LogP contribution >= 0.6 is 0 Å². The highest BCUT2D eigenvalue weighted by molar-refractivity contribution is 5.30. The van der Waals surface area contributed by atoms with Crippen LogP contribution < -0.4 is 0 Å². The van der Waals surface area contributed by atoms with Gasteiger partial charge in [0.05, 0.1) is 5.60 Å². The number of hydrogen-bond donors (Lipinski definition) is 1. The molecule has 0 saturated heterocycles. The summed E-state index contributed by atoms with van der Waals surface area (Å²) < 4.78 is 0. The fourth-order valence-electron chi connectivity index (χ4n) is 3.27. The molecule has 1 nitrogen and oxygen atoms in total. The highest BCUT2D eigenvalue weighted by atomic mass is 16.3. The summed E-state index contributed by atoms with van der Waals surface area (Å²) in [6.45, 7) is 4.06. The van der Waals surface area contributed by atoms with Crippen molar-refractivity contribution in [1.82, 2.24) is 0 Å². The zero-order valence-corrected chi connectivity index (χ0v) is 11.8. The monoisotopic (exact) mass is 246 g/mol. The molecule has 1 aromatic rings. The average molecular weight is 246 g/mol. The quantitative estimate of drug-likeness (QED) is 0.825. The number of benzene rings is 1. The van der Waals surface area contributed by atoms with Crippen LogP contribution in [0.25, 0.3) is 0 Å². The van der Waals surface area contributed by atoms with Crippen molar-refractivity contribution >= 4 is 0 Å². The van der Waals surface area contributed by atoms with E-state index in [0.717, 1.165) is 17.9 Å². The van der Waals surface area contributed by atoms with E-state index in [4.69, 9.17) is 0 Å². The molecule has 0 aliphatic heterocycles. The molecule has 2 rings (SSSR count). The molecule has 0 spiro atoms. The van der Waals surface area contributed by atoms with Crippen LogP contribution in [-0.2, 0) is 5.60 Å². The first-order valence-corrected chi connectivity index (χ1v) is 7.38. The van der Waals surface area contributed by atoms with E-state index in [1.165, 1.54) is 44.1 Å². The predicted molar refractivity (Wildman–Crippen MR) is 76.6 cm³/mol. The molecule has 1 aliphatic carbocycles. The van der Waals surface area contributed by atoms with Crippen LogP contribution in [-0.4, -0.2) is 5.11 Å². The number of hydrogen-bond acceptors (Lipinski definition) is 1. The minimum atomic E-state index is -0.664. The van der Waals surface area contributed by atoms with E-state index < -0.39 is 5.60 Å².